The Morgan fingerprint density at radius 3 is 2.62 bits per heavy atom. The second-order valence-corrected chi connectivity index (χ2v) is 1.62. The van der Waals surface area contributed by atoms with Crippen molar-refractivity contribution in [1.29, 1.82) is 0 Å². The summed E-state index contributed by atoms with van der Waals surface area (Å²) in [5.74, 6) is -0.0609. The van der Waals surface area contributed by atoms with E-state index in [1.54, 1.807) is 0 Å². The number of halogens is 1. The summed E-state index contributed by atoms with van der Waals surface area (Å²) in [7, 11) is 0. The Hall–Kier alpha value is -0.920. The first kappa shape index (κ1) is 5.22. The molecule has 2 heteroatoms. The van der Waals surface area contributed by atoms with Crippen LogP contribution in [0, 0.1) is 0 Å². The number of allylic oxidation sites excluding steroid dienone is 4. The third-order valence-corrected chi connectivity index (χ3v) is 0.941. The van der Waals surface area contributed by atoms with Gasteiger partial charge in [0.25, 0.3) is 0 Å². The lowest BCUT2D eigenvalue weighted by Crippen LogP contribution is -1.93. The van der Waals surface area contributed by atoms with Gasteiger partial charge in [0, 0.05) is 6.08 Å². The Morgan fingerprint density at radius 2 is 2.25 bits per heavy atom. The highest BCUT2D eigenvalue weighted by molar-refractivity contribution is 5.93. The summed E-state index contributed by atoms with van der Waals surface area (Å²) in [5.41, 5.74) is 0. The number of rotatable bonds is 0. The standard InChI is InChI=1S/C6H5FO/c7-5-1-3-6(8)4-2-5/h1-3H,4H2/p+1. The average molecular weight is 113 g/mol. The molecule has 1 aliphatic carbocycles. The van der Waals surface area contributed by atoms with Gasteiger partial charge in [-0.15, -0.1) is 0 Å². The molecular weight excluding hydrogens is 107 g/mol. The Bertz CT molecular complexity index is 165. The van der Waals surface area contributed by atoms with Gasteiger partial charge >= 0.3 is 5.78 Å². The van der Waals surface area contributed by atoms with E-state index in [1.165, 1.54) is 18.2 Å². The van der Waals surface area contributed by atoms with Crippen molar-refractivity contribution in [2.24, 2.45) is 0 Å². The fourth-order valence-electron chi connectivity index (χ4n) is 0.514. The van der Waals surface area contributed by atoms with E-state index in [9.17, 15) is 4.39 Å². The van der Waals surface area contributed by atoms with Crippen molar-refractivity contribution in [2.45, 2.75) is 6.42 Å². The quantitative estimate of drug-likeness (QED) is 0.423. The summed E-state index contributed by atoms with van der Waals surface area (Å²) < 4.78 is 12.0. The van der Waals surface area contributed by atoms with Crippen molar-refractivity contribution in [3.05, 3.63) is 24.1 Å². The Balaban J connectivity index is 2.71. The molecule has 42 valence electrons. The lowest BCUT2D eigenvalue weighted by atomic mass is 10.2. The van der Waals surface area contributed by atoms with Crippen LogP contribution in [0.5, 0.6) is 0 Å². The minimum Gasteiger partial charge on any atom is -0.278 e. The van der Waals surface area contributed by atoms with Crippen LogP contribution in [0.3, 0.4) is 0 Å². The van der Waals surface area contributed by atoms with Crippen LogP contribution in [0.4, 0.5) is 4.39 Å². The second-order valence-electron chi connectivity index (χ2n) is 1.62. The highest BCUT2D eigenvalue weighted by Gasteiger charge is 2.06. The summed E-state index contributed by atoms with van der Waals surface area (Å²) in [4.78, 5) is 8.65. The van der Waals surface area contributed by atoms with Gasteiger partial charge in [-0.2, -0.15) is 0 Å². The maximum atomic E-state index is 12.0. The van der Waals surface area contributed by atoms with Crippen LogP contribution < -0.4 is 0 Å². The molecule has 0 amide bonds. The monoisotopic (exact) mass is 113 g/mol. The van der Waals surface area contributed by atoms with Gasteiger partial charge in [0.1, 0.15) is 5.83 Å². The van der Waals surface area contributed by atoms with Crippen LogP contribution >= 0.6 is 0 Å². The molecule has 0 bridgehead atoms. The zero-order chi connectivity index (χ0) is 5.98. The lowest BCUT2D eigenvalue weighted by molar-refractivity contribution is 0.645. The van der Waals surface area contributed by atoms with Crippen LogP contribution in [0.1, 0.15) is 6.42 Å². The van der Waals surface area contributed by atoms with Crippen molar-refractivity contribution < 1.29 is 9.18 Å². The molecule has 1 rings (SSSR count). The highest BCUT2D eigenvalue weighted by Crippen LogP contribution is 2.06. The molecule has 0 fully saturated rings. The van der Waals surface area contributed by atoms with E-state index in [4.69, 9.17) is 4.79 Å². The minimum absolute atomic E-state index is 0.214. The van der Waals surface area contributed by atoms with Crippen LogP contribution in [-0.2, 0) is 0 Å². The van der Waals surface area contributed by atoms with Crippen molar-refractivity contribution in [1.82, 2.24) is 0 Å². The summed E-state index contributed by atoms with van der Waals surface area (Å²) in [6.07, 6.45) is 4.24. The Labute approximate surface area is 46.5 Å². The number of ketones is 1. The molecule has 0 aliphatic heterocycles. The van der Waals surface area contributed by atoms with Crippen molar-refractivity contribution >= 4 is 5.78 Å². The first-order chi connectivity index (χ1) is 3.79. The average Bonchev–Trinajstić information content (AvgIpc) is 1.77. The largest absolute Gasteiger partial charge is 0.320 e. The molecule has 0 aromatic carbocycles. The van der Waals surface area contributed by atoms with Gasteiger partial charge < -0.3 is 0 Å². The molecule has 1 nitrogen and oxygen atoms in total. The molecule has 0 saturated heterocycles. The van der Waals surface area contributed by atoms with E-state index in [0.717, 1.165) is 0 Å². The van der Waals surface area contributed by atoms with E-state index >= 15 is 0 Å². The molecule has 0 unspecified atom stereocenters. The summed E-state index contributed by atoms with van der Waals surface area (Å²) >= 11 is 0. The summed E-state index contributed by atoms with van der Waals surface area (Å²) in [5, 5.41) is 0. The Kier molecular flexibility index (Phi) is 1.24. The molecule has 0 spiro atoms. The van der Waals surface area contributed by atoms with E-state index in [2.05, 4.69) is 0 Å². The van der Waals surface area contributed by atoms with E-state index in [0.29, 0.717) is 6.42 Å². The van der Waals surface area contributed by atoms with Crippen molar-refractivity contribution in [3.63, 3.8) is 0 Å². The Morgan fingerprint density at radius 1 is 1.50 bits per heavy atom. The van der Waals surface area contributed by atoms with Gasteiger partial charge in [0.15, 0.2) is 0 Å². The summed E-state index contributed by atoms with van der Waals surface area (Å²) in [6.45, 7) is 0. The molecule has 0 aromatic rings. The molecule has 8 heavy (non-hydrogen) atoms. The zero-order valence-corrected chi connectivity index (χ0v) is 4.26. The van der Waals surface area contributed by atoms with Gasteiger partial charge in [-0.1, -0.05) is 0 Å². The third kappa shape index (κ3) is 1.03. The van der Waals surface area contributed by atoms with Gasteiger partial charge in [-0.05, 0) is 12.2 Å². The van der Waals surface area contributed by atoms with Crippen molar-refractivity contribution in [3.8, 4) is 0 Å². The van der Waals surface area contributed by atoms with Crippen LogP contribution in [0.2, 0.25) is 0 Å². The van der Waals surface area contributed by atoms with Crippen LogP contribution in [-0.4, -0.2) is 10.6 Å². The highest BCUT2D eigenvalue weighted by atomic mass is 19.1. The summed E-state index contributed by atoms with van der Waals surface area (Å²) in [6, 6.07) is 0. The zero-order valence-electron chi connectivity index (χ0n) is 4.26. The van der Waals surface area contributed by atoms with Gasteiger partial charge in [0.2, 0.25) is 0 Å². The molecule has 0 heterocycles. The predicted octanol–water partition coefficient (Wildman–Crippen LogP) is 1.34. The first-order valence-corrected chi connectivity index (χ1v) is 2.37. The molecule has 1 N–H and O–H groups in total. The molecule has 0 saturated carbocycles. The minimum atomic E-state index is -0.275. The second kappa shape index (κ2) is 1.90. The third-order valence-electron chi connectivity index (χ3n) is 0.941. The topological polar surface area (TPSA) is 21.4 Å². The lowest BCUT2D eigenvalue weighted by Gasteiger charge is -1.88. The normalized spacial score (nSPS) is 18.6. The predicted molar refractivity (Wildman–Crippen MR) is 29.9 cm³/mol. The first-order valence-electron chi connectivity index (χ1n) is 2.37. The van der Waals surface area contributed by atoms with Gasteiger partial charge in [-0.3, -0.25) is 4.79 Å². The number of carbonyl (C=O) groups excluding carboxylic acids is 1. The molecule has 0 aromatic heterocycles. The fourth-order valence-corrected chi connectivity index (χ4v) is 0.514. The molecule has 0 radical (unpaired) electrons. The van der Waals surface area contributed by atoms with Gasteiger partial charge in [-0.25, -0.2) is 4.39 Å². The number of hydrogen-bond acceptors (Lipinski definition) is 0. The van der Waals surface area contributed by atoms with E-state index in [1.807, 2.05) is 0 Å². The SMILES string of the molecule is [OH+]=C1C=CC(F)=CC1. The maximum absolute atomic E-state index is 12.0. The van der Waals surface area contributed by atoms with Crippen molar-refractivity contribution in [2.75, 3.05) is 0 Å². The molecule has 1 aliphatic rings. The fraction of sp³-hybridized carbons (Fsp3) is 0.167. The number of hydrogen-bond donors (Lipinski definition) is 0. The smallest absolute Gasteiger partial charge is 0.278 e. The van der Waals surface area contributed by atoms with Crippen LogP contribution in [0.25, 0.3) is 0 Å². The van der Waals surface area contributed by atoms with Gasteiger partial charge in [0.05, 0.1) is 6.42 Å². The van der Waals surface area contributed by atoms with E-state index < -0.39 is 0 Å². The molecule has 0 atom stereocenters. The van der Waals surface area contributed by atoms with E-state index in [-0.39, 0.29) is 11.6 Å². The van der Waals surface area contributed by atoms with Crippen LogP contribution in [0.15, 0.2) is 24.1 Å². The maximum Gasteiger partial charge on any atom is 0.320 e. The molecular formula is C6H6FO+.